The topological polar surface area (TPSA) is 151 Å². The maximum Gasteiger partial charge on any atom is 0.408 e. The van der Waals surface area contributed by atoms with E-state index >= 15 is 0 Å². The van der Waals surface area contributed by atoms with Gasteiger partial charge in [-0.1, -0.05) is 54.1 Å². The molecule has 0 aliphatic heterocycles. The van der Waals surface area contributed by atoms with Gasteiger partial charge in [-0.25, -0.2) is 4.79 Å². The third kappa shape index (κ3) is 8.78. The molecule has 0 saturated carbocycles. The second kappa shape index (κ2) is 14.0. The SMILES string of the molecule is Cc1ccc(C)c(C(C(=O)Nc2ccc3ccccc3c2)N(CCO)C(=O)C(CCC(N)=O)NC(=O)OC(C)(C)C)c1. The quantitative estimate of drug-likeness (QED) is 0.270. The van der Waals surface area contributed by atoms with Crippen LogP contribution in [0, 0.1) is 13.8 Å². The molecular formula is C32H40N4O6. The van der Waals surface area contributed by atoms with Gasteiger partial charge in [0.15, 0.2) is 0 Å². The van der Waals surface area contributed by atoms with Crippen molar-refractivity contribution in [3.63, 3.8) is 0 Å². The van der Waals surface area contributed by atoms with Crippen molar-refractivity contribution in [1.29, 1.82) is 0 Å². The summed E-state index contributed by atoms with van der Waals surface area (Å²) in [5, 5.41) is 17.4. The lowest BCUT2D eigenvalue weighted by Gasteiger charge is -2.35. The van der Waals surface area contributed by atoms with Gasteiger partial charge in [0.05, 0.1) is 6.61 Å². The Hall–Kier alpha value is -4.44. The minimum absolute atomic E-state index is 0.124. The summed E-state index contributed by atoms with van der Waals surface area (Å²) < 4.78 is 5.34. The van der Waals surface area contributed by atoms with Crippen molar-refractivity contribution in [1.82, 2.24) is 10.2 Å². The summed E-state index contributed by atoms with van der Waals surface area (Å²) in [4.78, 5) is 53.7. The molecule has 5 N–H and O–H groups in total. The molecule has 0 bridgehead atoms. The lowest BCUT2D eigenvalue weighted by molar-refractivity contribution is -0.141. The molecule has 2 unspecified atom stereocenters. The Balaban J connectivity index is 2.05. The van der Waals surface area contributed by atoms with Crippen LogP contribution in [0.1, 0.15) is 56.3 Å². The monoisotopic (exact) mass is 576 g/mol. The molecule has 0 spiro atoms. The molecule has 0 saturated heterocycles. The molecule has 10 heteroatoms. The Labute approximate surface area is 246 Å². The van der Waals surface area contributed by atoms with Crippen LogP contribution in [0.5, 0.6) is 0 Å². The number of nitrogens with zero attached hydrogens (tertiary/aromatic N) is 1. The Kier molecular flexibility index (Phi) is 10.7. The van der Waals surface area contributed by atoms with Gasteiger partial charge in [0.1, 0.15) is 17.7 Å². The summed E-state index contributed by atoms with van der Waals surface area (Å²) in [7, 11) is 0. The molecule has 0 radical (unpaired) electrons. The van der Waals surface area contributed by atoms with Crippen LogP contribution in [0.4, 0.5) is 10.5 Å². The van der Waals surface area contributed by atoms with Gasteiger partial charge in [0.2, 0.25) is 11.8 Å². The molecule has 0 aliphatic rings. The molecule has 0 heterocycles. The first kappa shape index (κ1) is 32.1. The average molecular weight is 577 g/mol. The van der Waals surface area contributed by atoms with Gasteiger partial charge in [0.25, 0.3) is 5.91 Å². The van der Waals surface area contributed by atoms with Gasteiger partial charge < -0.3 is 31.1 Å². The smallest absolute Gasteiger partial charge is 0.408 e. The molecular weight excluding hydrogens is 536 g/mol. The zero-order valence-electron chi connectivity index (χ0n) is 24.8. The van der Waals surface area contributed by atoms with Gasteiger partial charge in [-0.05, 0) is 75.1 Å². The van der Waals surface area contributed by atoms with Crippen molar-refractivity contribution in [2.24, 2.45) is 5.73 Å². The number of nitrogens with one attached hydrogen (secondary N) is 2. The van der Waals surface area contributed by atoms with E-state index in [1.807, 2.05) is 68.4 Å². The van der Waals surface area contributed by atoms with E-state index in [2.05, 4.69) is 10.6 Å². The molecule has 2 atom stereocenters. The molecule has 3 aromatic rings. The highest BCUT2D eigenvalue weighted by Crippen LogP contribution is 2.29. The number of anilines is 1. The fourth-order valence-corrected chi connectivity index (χ4v) is 4.65. The second-order valence-electron chi connectivity index (χ2n) is 11.3. The number of benzene rings is 3. The summed E-state index contributed by atoms with van der Waals surface area (Å²) in [6.45, 7) is 8.07. The van der Waals surface area contributed by atoms with Crippen molar-refractivity contribution >= 4 is 40.3 Å². The Morgan fingerprint density at radius 1 is 0.976 bits per heavy atom. The Morgan fingerprint density at radius 3 is 2.31 bits per heavy atom. The number of aryl methyl sites for hydroxylation is 2. The van der Waals surface area contributed by atoms with Crippen molar-refractivity contribution in [3.8, 4) is 0 Å². The Morgan fingerprint density at radius 2 is 1.67 bits per heavy atom. The van der Waals surface area contributed by atoms with E-state index in [1.54, 1.807) is 26.8 Å². The fourth-order valence-electron chi connectivity index (χ4n) is 4.65. The first-order valence-corrected chi connectivity index (χ1v) is 13.8. The van der Waals surface area contributed by atoms with Crippen LogP contribution < -0.4 is 16.4 Å². The van der Waals surface area contributed by atoms with Crippen molar-refractivity contribution < 1.29 is 29.0 Å². The third-order valence-corrected chi connectivity index (χ3v) is 6.60. The largest absolute Gasteiger partial charge is 0.444 e. The first-order valence-electron chi connectivity index (χ1n) is 13.8. The molecule has 42 heavy (non-hydrogen) atoms. The maximum atomic E-state index is 14.1. The highest BCUT2D eigenvalue weighted by atomic mass is 16.6. The summed E-state index contributed by atoms with van der Waals surface area (Å²) in [5.74, 6) is -1.84. The van der Waals surface area contributed by atoms with E-state index < -0.39 is 48.1 Å². The summed E-state index contributed by atoms with van der Waals surface area (Å²) in [6.07, 6.45) is -1.18. The zero-order chi connectivity index (χ0) is 31.0. The summed E-state index contributed by atoms with van der Waals surface area (Å²) in [5.41, 5.74) is 7.23. The predicted octanol–water partition coefficient (Wildman–Crippen LogP) is 4.12. The number of amides is 4. The number of alkyl carbamates (subject to hydrolysis) is 1. The number of carbonyl (C=O) groups excluding carboxylic acids is 4. The minimum atomic E-state index is -1.25. The standard InChI is InChI=1S/C32H40N4O6/c1-20-10-11-21(2)25(18-20)28(29(39)34-24-13-12-22-8-6-7-9-23(22)19-24)36(16-17-37)30(40)26(14-15-27(33)38)35-31(41)42-32(3,4)5/h6-13,18-19,26,28,37H,14-17H2,1-5H3,(H2,33,38)(H,34,39)(H,35,41). The number of hydrogen-bond acceptors (Lipinski definition) is 6. The molecule has 0 fully saturated rings. The zero-order valence-corrected chi connectivity index (χ0v) is 24.8. The number of aliphatic hydroxyl groups excluding tert-OH is 1. The maximum absolute atomic E-state index is 14.1. The van der Waals surface area contributed by atoms with Gasteiger partial charge >= 0.3 is 6.09 Å². The molecule has 3 aromatic carbocycles. The lowest BCUT2D eigenvalue weighted by atomic mass is 9.95. The van der Waals surface area contributed by atoms with Gasteiger partial charge in [-0.15, -0.1) is 0 Å². The van der Waals surface area contributed by atoms with Gasteiger partial charge in [-0.2, -0.15) is 0 Å². The van der Waals surface area contributed by atoms with Gasteiger partial charge in [0, 0.05) is 18.7 Å². The number of ether oxygens (including phenoxy) is 1. The van der Waals surface area contributed by atoms with Crippen LogP contribution >= 0.6 is 0 Å². The number of hydrogen-bond donors (Lipinski definition) is 4. The van der Waals surface area contributed by atoms with Crippen LogP contribution in [0.25, 0.3) is 10.8 Å². The number of carbonyl (C=O) groups is 4. The summed E-state index contributed by atoms with van der Waals surface area (Å²) >= 11 is 0. The number of aliphatic hydroxyl groups is 1. The van der Waals surface area contributed by atoms with E-state index in [-0.39, 0.29) is 19.4 Å². The summed E-state index contributed by atoms with van der Waals surface area (Å²) in [6, 6.07) is 16.4. The van der Waals surface area contributed by atoms with Crippen LogP contribution in [0.15, 0.2) is 60.7 Å². The number of nitrogens with two attached hydrogens (primary N) is 1. The van der Waals surface area contributed by atoms with Crippen LogP contribution in [0.2, 0.25) is 0 Å². The fraction of sp³-hybridized carbons (Fsp3) is 0.375. The second-order valence-corrected chi connectivity index (χ2v) is 11.3. The lowest BCUT2D eigenvalue weighted by Crippen LogP contribution is -2.53. The van der Waals surface area contributed by atoms with E-state index in [9.17, 15) is 24.3 Å². The molecule has 10 nitrogen and oxygen atoms in total. The van der Waals surface area contributed by atoms with Crippen LogP contribution in [-0.2, 0) is 19.1 Å². The van der Waals surface area contributed by atoms with Gasteiger partial charge in [-0.3, -0.25) is 14.4 Å². The highest BCUT2D eigenvalue weighted by Gasteiger charge is 2.37. The van der Waals surface area contributed by atoms with Crippen LogP contribution in [0.3, 0.4) is 0 Å². The Bertz CT molecular complexity index is 1450. The van der Waals surface area contributed by atoms with E-state index in [4.69, 9.17) is 10.5 Å². The normalized spacial score (nSPS) is 12.7. The molecule has 0 aromatic heterocycles. The molecule has 224 valence electrons. The number of fused-ring (bicyclic) bond motifs is 1. The highest BCUT2D eigenvalue weighted by molar-refractivity contribution is 6.00. The molecule has 3 rings (SSSR count). The van der Waals surface area contributed by atoms with E-state index in [0.717, 1.165) is 21.9 Å². The first-order chi connectivity index (χ1) is 19.8. The van der Waals surface area contributed by atoms with E-state index in [0.29, 0.717) is 11.3 Å². The molecule has 4 amide bonds. The van der Waals surface area contributed by atoms with Crippen molar-refractivity contribution in [3.05, 3.63) is 77.4 Å². The number of rotatable bonds is 11. The van der Waals surface area contributed by atoms with Crippen LogP contribution in [-0.4, -0.2) is 58.6 Å². The average Bonchev–Trinajstić information content (AvgIpc) is 2.91. The molecule has 0 aliphatic carbocycles. The van der Waals surface area contributed by atoms with Crippen molar-refractivity contribution in [2.45, 2.75) is 65.1 Å². The van der Waals surface area contributed by atoms with E-state index in [1.165, 1.54) is 4.90 Å². The minimum Gasteiger partial charge on any atom is -0.444 e. The van der Waals surface area contributed by atoms with Crippen molar-refractivity contribution in [2.75, 3.05) is 18.5 Å². The number of primary amides is 1. The predicted molar refractivity (Wildman–Crippen MR) is 162 cm³/mol. The third-order valence-electron chi connectivity index (χ3n) is 6.60.